The Morgan fingerprint density at radius 2 is 1.80 bits per heavy atom. The van der Waals surface area contributed by atoms with Gasteiger partial charge in [0.25, 0.3) is 0 Å². The lowest BCUT2D eigenvalue weighted by atomic mass is 10.0. The molecule has 126 valence electrons. The number of benzene rings is 2. The summed E-state index contributed by atoms with van der Waals surface area (Å²) in [5.41, 5.74) is 4.34. The van der Waals surface area contributed by atoms with E-state index in [2.05, 4.69) is 44.5 Å². The molecule has 0 fully saturated rings. The van der Waals surface area contributed by atoms with Crippen LogP contribution in [0.5, 0.6) is 0 Å². The fourth-order valence-electron chi connectivity index (χ4n) is 3.16. The van der Waals surface area contributed by atoms with Gasteiger partial charge >= 0.3 is 0 Å². The molecule has 2 heterocycles. The molecular weight excluding hydrogens is 315 g/mol. The van der Waals surface area contributed by atoms with E-state index in [1.54, 1.807) is 18.5 Å². The number of hydrogen-bond acceptors (Lipinski definition) is 4. The zero-order chi connectivity index (χ0) is 17.1. The van der Waals surface area contributed by atoms with E-state index in [0.717, 1.165) is 48.8 Å². The summed E-state index contributed by atoms with van der Waals surface area (Å²) in [5, 5.41) is 3.29. The lowest BCUT2D eigenvalue weighted by Gasteiger charge is -2.28. The Kier molecular flexibility index (Phi) is 4.39. The molecule has 4 nitrogen and oxygen atoms in total. The van der Waals surface area contributed by atoms with Gasteiger partial charge in [-0.1, -0.05) is 30.3 Å². The third kappa shape index (κ3) is 3.67. The number of anilines is 2. The smallest absolute Gasteiger partial charge is 0.137 e. The number of nitrogens with one attached hydrogen (secondary N) is 1. The first-order valence-corrected chi connectivity index (χ1v) is 8.39. The highest BCUT2D eigenvalue weighted by atomic mass is 19.1. The predicted octanol–water partition coefficient (Wildman–Crippen LogP) is 3.92. The minimum atomic E-state index is -0.244. The number of rotatable bonds is 4. The van der Waals surface area contributed by atoms with Crippen molar-refractivity contribution in [3.8, 4) is 0 Å². The van der Waals surface area contributed by atoms with E-state index in [1.165, 1.54) is 17.7 Å². The maximum Gasteiger partial charge on any atom is 0.137 e. The van der Waals surface area contributed by atoms with Crippen LogP contribution in [0.1, 0.15) is 16.8 Å². The van der Waals surface area contributed by atoms with E-state index in [0.29, 0.717) is 0 Å². The normalized spacial score (nSPS) is 14.1. The quantitative estimate of drug-likeness (QED) is 0.785. The Morgan fingerprint density at radius 1 is 1.00 bits per heavy atom. The summed E-state index contributed by atoms with van der Waals surface area (Å²) in [6.07, 6.45) is 2.49. The molecule has 0 atom stereocenters. The third-order valence-electron chi connectivity index (χ3n) is 4.44. The molecule has 0 radical (unpaired) electrons. The fourth-order valence-corrected chi connectivity index (χ4v) is 3.16. The van der Waals surface area contributed by atoms with Gasteiger partial charge in [-0.25, -0.2) is 14.4 Å². The first-order valence-electron chi connectivity index (χ1n) is 8.39. The van der Waals surface area contributed by atoms with Gasteiger partial charge in [-0.3, -0.25) is 4.90 Å². The van der Waals surface area contributed by atoms with Crippen LogP contribution >= 0.6 is 0 Å². The molecule has 0 aliphatic carbocycles. The van der Waals surface area contributed by atoms with Crippen molar-refractivity contribution < 1.29 is 4.39 Å². The largest absolute Gasteiger partial charge is 0.340 e. The summed E-state index contributed by atoms with van der Waals surface area (Å²) in [4.78, 5) is 11.3. The maximum atomic E-state index is 13.1. The van der Waals surface area contributed by atoms with Crippen LogP contribution in [-0.4, -0.2) is 21.4 Å². The maximum absolute atomic E-state index is 13.1. The number of fused-ring (bicyclic) bond motifs is 1. The monoisotopic (exact) mass is 334 g/mol. The van der Waals surface area contributed by atoms with E-state index in [-0.39, 0.29) is 5.82 Å². The molecule has 1 aliphatic rings. The van der Waals surface area contributed by atoms with Crippen molar-refractivity contribution >= 4 is 11.5 Å². The van der Waals surface area contributed by atoms with Crippen LogP contribution in [0.4, 0.5) is 15.9 Å². The second-order valence-electron chi connectivity index (χ2n) is 6.23. The van der Waals surface area contributed by atoms with Crippen molar-refractivity contribution in [3.63, 3.8) is 0 Å². The van der Waals surface area contributed by atoms with Gasteiger partial charge < -0.3 is 5.32 Å². The number of aromatic nitrogens is 2. The Morgan fingerprint density at radius 3 is 2.60 bits per heavy atom. The van der Waals surface area contributed by atoms with Gasteiger partial charge in [-0.15, -0.1) is 0 Å². The van der Waals surface area contributed by atoms with Crippen molar-refractivity contribution in [1.29, 1.82) is 0 Å². The average molecular weight is 334 g/mol. The first kappa shape index (κ1) is 15.7. The minimum absolute atomic E-state index is 0.244. The number of nitrogens with zero attached hydrogens (tertiary/aromatic N) is 3. The van der Waals surface area contributed by atoms with E-state index in [1.807, 2.05) is 6.07 Å². The molecule has 1 N–H and O–H groups in total. The van der Waals surface area contributed by atoms with Crippen LogP contribution in [0.2, 0.25) is 0 Å². The van der Waals surface area contributed by atoms with Crippen molar-refractivity contribution in [2.75, 3.05) is 11.9 Å². The molecular formula is C20H19FN4. The SMILES string of the molecule is Fc1ccc(Nc2ncnc3c2CCN(Cc2ccccc2)C3)cc1. The Balaban J connectivity index is 1.51. The van der Waals surface area contributed by atoms with Gasteiger partial charge in [0.15, 0.2) is 0 Å². The average Bonchev–Trinajstić information content (AvgIpc) is 2.64. The summed E-state index contributed by atoms with van der Waals surface area (Å²) in [6, 6.07) is 16.8. The summed E-state index contributed by atoms with van der Waals surface area (Å²) in [5.74, 6) is 0.572. The van der Waals surface area contributed by atoms with Crippen LogP contribution in [-0.2, 0) is 19.5 Å². The summed E-state index contributed by atoms with van der Waals surface area (Å²) in [7, 11) is 0. The molecule has 0 spiro atoms. The van der Waals surface area contributed by atoms with Crippen molar-refractivity contribution in [2.24, 2.45) is 0 Å². The van der Waals surface area contributed by atoms with Gasteiger partial charge in [-0.2, -0.15) is 0 Å². The Bertz CT molecular complexity index is 849. The van der Waals surface area contributed by atoms with Gasteiger partial charge in [0.2, 0.25) is 0 Å². The molecule has 1 aromatic heterocycles. The van der Waals surface area contributed by atoms with E-state index < -0.39 is 0 Å². The fraction of sp³-hybridized carbons (Fsp3) is 0.200. The topological polar surface area (TPSA) is 41.1 Å². The molecule has 1 aliphatic heterocycles. The molecule has 0 saturated heterocycles. The first-order chi connectivity index (χ1) is 12.3. The summed E-state index contributed by atoms with van der Waals surface area (Å²) in [6.45, 7) is 2.70. The molecule has 0 amide bonds. The molecule has 5 heteroatoms. The molecule has 0 unspecified atom stereocenters. The van der Waals surface area contributed by atoms with Gasteiger partial charge in [0, 0.05) is 30.9 Å². The third-order valence-corrected chi connectivity index (χ3v) is 4.44. The minimum Gasteiger partial charge on any atom is -0.340 e. The van der Waals surface area contributed by atoms with Gasteiger partial charge in [-0.05, 0) is 36.2 Å². The summed E-state index contributed by atoms with van der Waals surface area (Å²) >= 11 is 0. The van der Waals surface area contributed by atoms with Crippen LogP contribution in [0.25, 0.3) is 0 Å². The zero-order valence-electron chi connectivity index (χ0n) is 13.8. The second-order valence-corrected chi connectivity index (χ2v) is 6.23. The molecule has 2 aromatic carbocycles. The van der Waals surface area contributed by atoms with E-state index in [4.69, 9.17) is 0 Å². The highest BCUT2D eigenvalue weighted by molar-refractivity contribution is 5.60. The van der Waals surface area contributed by atoms with E-state index in [9.17, 15) is 4.39 Å². The van der Waals surface area contributed by atoms with Crippen LogP contribution in [0.15, 0.2) is 60.9 Å². The van der Waals surface area contributed by atoms with E-state index >= 15 is 0 Å². The molecule has 0 bridgehead atoms. The van der Waals surface area contributed by atoms with Crippen LogP contribution < -0.4 is 5.32 Å². The second kappa shape index (κ2) is 6.99. The van der Waals surface area contributed by atoms with Gasteiger partial charge in [0.1, 0.15) is 18.0 Å². The molecule has 4 rings (SSSR count). The lowest BCUT2D eigenvalue weighted by Crippen LogP contribution is -2.31. The molecule has 0 saturated carbocycles. The Labute approximate surface area is 146 Å². The molecule has 25 heavy (non-hydrogen) atoms. The van der Waals surface area contributed by atoms with Gasteiger partial charge in [0.05, 0.1) is 5.69 Å². The zero-order valence-corrected chi connectivity index (χ0v) is 13.8. The van der Waals surface area contributed by atoms with Crippen LogP contribution in [0.3, 0.4) is 0 Å². The highest BCUT2D eigenvalue weighted by Gasteiger charge is 2.21. The lowest BCUT2D eigenvalue weighted by molar-refractivity contribution is 0.241. The van der Waals surface area contributed by atoms with Crippen molar-refractivity contribution in [3.05, 3.63) is 83.6 Å². The number of hydrogen-bond donors (Lipinski definition) is 1. The predicted molar refractivity (Wildman–Crippen MR) is 96.0 cm³/mol. The standard InChI is InChI=1S/C20H19FN4/c21-16-6-8-17(9-7-16)24-20-18-10-11-25(13-19(18)22-14-23-20)12-15-4-2-1-3-5-15/h1-9,14H,10-13H2,(H,22,23,24). The Hall–Kier alpha value is -2.79. The molecule has 3 aromatic rings. The summed E-state index contributed by atoms with van der Waals surface area (Å²) < 4.78 is 13.1. The highest BCUT2D eigenvalue weighted by Crippen LogP contribution is 2.26. The van der Waals surface area contributed by atoms with Crippen molar-refractivity contribution in [2.45, 2.75) is 19.5 Å². The van der Waals surface area contributed by atoms with Crippen LogP contribution in [0, 0.1) is 5.82 Å². The van der Waals surface area contributed by atoms with Crippen molar-refractivity contribution in [1.82, 2.24) is 14.9 Å². The number of halogens is 1.